The van der Waals surface area contributed by atoms with Crippen LogP contribution in [0.4, 0.5) is 5.82 Å². The van der Waals surface area contributed by atoms with Crippen molar-refractivity contribution in [3.63, 3.8) is 0 Å². The average molecular weight is 277 g/mol. The maximum Gasteiger partial charge on any atom is 0.339 e. The Balaban J connectivity index is 2.27. The highest BCUT2D eigenvalue weighted by Gasteiger charge is 2.16. The molecular weight excluding hydrogens is 262 g/mol. The van der Waals surface area contributed by atoms with Crippen LogP contribution in [-0.2, 0) is 0 Å². The van der Waals surface area contributed by atoms with E-state index < -0.39 is 5.97 Å². The van der Waals surface area contributed by atoms with Gasteiger partial charge in [0, 0.05) is 16.8 Å². The number of aromatic nitrogens is 2. The molecule has 1 atom stereocenters. The van der Waals surface area contributed by atoms with Crippen molar-refractivity contribution in [2.75, 3.05) is 5.32 Å². The molecule has 5 nitrogen and oxygen atoms in total. The molecule has 6 heteroatoms. The summed E-state index contributed by atoms with van der Waals surface area (Å²) in [7, 11) is 0. The van der Waals surface area contributed by atoms with Crippen molar-refractivity contribution in [3.05, 3.63) is 39.5 Å². The lowest BCUT2D eigenvalue weighted by Crippen LogP contribution is -2.12. The van der Waals surface area contributed by atoms with E-state index in [1.165, 1.54) is 0 Å². The van der Waals surface area contributed by atoms with E-state index in [0.717, 1.165) is 15.6 Å². The molecule has 2 aromatic heterocycles. The molecule has 19 heavy (non-hydrogen) atoms. The van der Waals surface area contributed by atoms with Crippen molar-refractivity contribution in [3.8, 4) is 0 Å². The van der Waals surface area contributed by atoms with Crippen LogP contribution in [0.2, 0.25) is 0 Å². The van der Waals surface area contributed by atoms with Gasteiger partial charge in [-0.2, -0.15) is 0 Å². The first kappa shape index (κ1) is 13.5. The van der Waals surface area contributed by atoms with Crippen molar-refractivity contribution in [2.24, 2.45) is 0 Å². The Bertz CT molecular complexity index is 610. The van der Waals surface area contributed by atoms with Gasteiger partial charge in [-0.3, -0.25) is 0 Å². The molecule has 0 saturated carbocycles. The van der Waals surface area contributed by atoms with Gasteiger partial charge in [0.1, 0.15) is 16.4 Å². The van der Waals surface area contributed by atoms with Crippen LogP contribution in [0.25, 0.3) is 0 Å². The second kappa shape index (κ2) is 5.36. The fourth-order valence-electron chi connectivity index (χ4n) is 1.68. The Kier molecular flexibility index (Phi) is 3.80. The summed E-state index contributed by atoms with van der Waals surface area (Å²) in [6.07, 6.45) is 1.81. The number of nitrogens with zero attached hydrogens (tertiary/aromatic N) is 2. The van der Waals surface area contributed by atoms with Crippen LogP contribution in [0.5, 0.6) is 0 Å². The molecule has 2 aromatic rings. The van der Waals surface area contributed by atoms with E-state index in [0.29, 0.717) is 5.82 Å². The number of carbonyl (C=O) groups is 1. The zero-order valence-electron chi connectivity index (χ0n) is 11.0. The lowest BCUT2D eigenvalue weighted by molar-refractivity contribution is 0.0697. The first-order valence-corrected chi connectivity index (χ1v) is 6.69. The SMILES string of the molecule is Cc1ccc(C(=O)O)c(NC(C)c2ncc(C)s2)n1. The van der Waals surface area contributed by atoms with Gasteiger partial charge in [-0.25, -0.2) is 14.8 Å². The van der Waals surface area contributed by atoms with E-state index in [1.807, 2.05) is 20.8 Å². The van der Waals surface area contributed by atoms with Gasteiger partial charge in [0.25, 0.3) is 0 Å². The summed E-state index contributed by atoms with van der Waals surface area (Å²) in [5, 5.41) is 13.2. The Hall–Kier alpha value is -1.95. The number of hydrogen-bond acceptors (Lipinski definition) is 5. The lowest BCUT2D eigenvalue weighted by Gasteiger charge is -2.14. The molecule has 0 spiro atoms. The maximum atomic E-state index is 11.2. The molecule has 0 amide bonds. The van der Waals surface area contributed by atoms with Crippen LogP contribution >= 0.6 is 11.3 Å². The molecule has 2 rings (SSSR count). The summed E-state index contributed by atoms with van der Waals surface area (Å²) >= 11 is 1.58. The number of anilines is 1. The third-order valence-corrected chi connectivity index (χ3v) is 3.72. The Morgan fingerprint density at radius 2 is 2.16 bits per heavy atom. The monoisotopic (exact) mass is 277 g/mol. The summed E-state index contributed by atoms with van der Waals surface area (Å²) in [5.41, 5.74) is 0.945. The first-order valence-electron chi connectivity index (χ1n) is 5.87. The minimum Gasteiger partial charge on any atom is -0.478 e. The smallest absolute Gasteiger partial charge is 0.339 e. The number of thiazole rings is 1. The number of aryl methyl sites for hydroxylation is 2. The molecule has 0 fully saturated rings. The average Bonchev–Trinajstić information content (AvgIpc) is 2.75. The van der Waals surface area contributed by atoms with Crippen molar-refractivity contribution in [1.29, 1.82) is 0 Å². The molecule has 2 N–H and O–H groups in total. The van der Waals surface area contributed by atoms with Crippen LogP contribution in [0, 0.1) is 13.8 Å². The van der Waals surface area contributed by atoms with Gasteiger partial charge in [-0.05, 0) is 32.9 Å². The number of aromatic carboxylic acids is 1. The number of hydrogen-bond donors (Lipinski definition) is 2. The van der Waals surface area contributed by atoms with Crippen molar-refractivity contribution >= 4 is 23.1 Å². The second-order valence-electron chi connectivity index (χ2n) is 4.33. The minimum atomic E-state index is -0.988. The van der Waals surface area contributed by atoms with E-state index in [9.17, 15) is 4.79 Å². The van der Waals surface area contributed by atoms with Gasteiger partial charge in [0.2, 0.25) is 0 Å². The summed E-state index contributed by atoms with van der Waals surface area (Å²) in [5.74, 6) is -0.606. The molecule has 0 aliphatic rings. The number of carboxylic acids is 1. The molecule has 0 aliphatic carbocycles. The van der Waals surface area contributed by atoms with E-state index in [-0.39, 0.29) is 11.6 Å². The number of nitrogens with one attached hydrogen (secondary N) is 1. The maximum absolute atomic E-state index is 11.2. The predicted octanol–water partition coefficient (Wildman–Crippen LogP) is 3.03. The van der Waals surface area contributed by atoms with Gasteiger partial charge >= 0.3 is 5.97 Å². The van der Waals surface area contributed by atoms with Crippen molar-refractivity contribution < 1.29 is 9.90 Å². The molecule has 0 aromatic carbocycles. The molecule has 0 radical (unpaired) electrons. The van der Waals surface area contributed by atoms with Crippen LogP contribution in [0.3, 0.4) is 0 Å². The largest absolute Gasteiger partial charge is 0.478 e. The summed E-state index contributed by atoms with van der Waals surface area (Å²) in [6.45, 7) is 5.75. The predicted molar refractivity (Wildman–Crippen MR) is 74.8 cm³/mol. The van der Waals surface area contributed by atoms with Gasteiger partial charge < -0.3 is 10.4 Å². The van der Waals surface area contributed by atoms with Crippen molar-refractivity contribution in [2.45, 2.75) is 26.8 Å². The van der Waals surface area contributed by atoms with Crippen LogP contribution in [0.15, 0.2) is 18.3 Å². The molecular formula is C13H15N3O2S. The van der Waals surface area contributed by atoms with Gasteiger partial charge in [0.15, 0.2) is 0 Å². The Labute approximate surface area is 115 Å². The molecule has 0 aliphatic heterocycles. The van der Waals surface area contributed by atoms with Crippen molar-refractivity contribution in [1.82, 2.24) is 9.97 Å². The Morgan fingerprint density at radius 3 is 2.74 bits per heavy atom. The molecule has 1 unspecified atom stereocenters. The summed E-state index contributed by atoms with van der Waals surface area (Å²) in [4.78, 5) is 20.8. The number of carboxylic acid groups (broad SMARTS) is 1. The molecule has 2 heterocycles. The molecule has 0 saturated heterocycles. The summed E-state index contributed by atoms with van der Waals surface area (Å²) < 4.78 is 0. The van der Waals surface area contributed by atoms with E-state index in [2.05, 4.69) is 15.3 Å². The standard InChI is InChI=1S/C13H15N3O2S/c1-7-4-5-10(13(17)18)11(15-7)16-9(3)12-14-6-8(2)19-12/h4-6,9H,1-3H3,(H,15,16)(H,17,18). The van der Waals surface area contributed by atoms with Crippen LogP contribution in [-0.4, -0.2) is 21.0 Å². The molecule has 100 valence electrons. The second-order valence-corrected chi connectivity index (χ2v) is 5.60. The highest BCUT2D eigenvalue weighted by molar-refractivity contribution is 7.11. The lowest BCUT2D eigenvalue weighted by atomic mass is 10.2. The highest BCUT2D eigenvalue weighted by atomic mass is 32.1. The molecule has 0 bridgehead atoms. The third-order valence-electron chi connectivity index (χ3n) is 2.63. The zero-order chi connectivity index (χ0) is 14.0. The Morgan fingerprint density at radius 1 is 1.42 bits per heavy atom. The van der Waals surface area contributed by atoms with Gasteiger partial charge in [0.05, 0.1) is 6.04 Å². The van der Waals surface area contributed by atoms with Crippen LogP contribution in [0.1, 0.15) is 38.9 Å². The third kappa shape index (κ3) is 3.08. The van der Waals surface area contributed by atoms with Gasteiger partial charge in [-0.1, -0.05) is 0 Å². The highest BCUT2D eigenvalue weighted by Crippen LogP contribution is 2.24. The minimum absolute atomic E-state index is 0.0777. The van der Waals surface area contributed by atoms with E-state index in [4.69, 9.17) is 5.11 Å². The van der Waals surface area contributed by atoms with Crippen LogP contribution < -0.4 is 5.32 Å². The topological polar surface area (TPSA) is 75.1 Å². The number of pyridine rings is 1. The summed E-state index contributed by atoms with van der Waals surface area (Å²) in [6, 6.07) is 3.17. The fourth-order valence-corrected chi connectivity index (χ4v) is 2.45. The normalized spacial score (nSPS) is 12.2. The quantitative estimate of drug-likeness (QED) is 0.898. The van der Waals surface area contributed by atoms with E-state index >= 15 is 0 Å². The first-order chi connectivity index (χ1) is 8.97. The number of rotatable bonds is 4. The van der Waals surface area contributed by atoms with Gasteiger partial charge in [-0.15, -0.1) is 11.3 Å². The zero-order valence-corrected chi connectivity index (χ0v) is 11.8. The van der Waals surface area contributed by atoms with E-state index in [1.54, 1.807) is 29.7 Å². The fraction of sp³-hybridized carbons (Fsp3) is 0.308.